The van der Waals surface area contributed by atoms with Gasteiger partial charge in [0.05, 0.1) is 11.2 Å². The Bertz CT molecular complexity index is 587. The number of alkyl halides is 1. The zero-order valence-electron chi connectivity index (χ0n) is 11.9. The SMILES string of the molecule is CCn1nc(CC2(CCl)CCOCC2)c2ccccc21. The molecular weight excluding hydrogens is 272 g/mol. The molecule has 0 bridgehead atoms. The van der Waals surface area contributed by atoms with E-state index in [-0.39, 0.29) is 5.41 Å². The van der Waals surface area contributed by atoms with Gasteiger partial charge >= 0.3 is 0 Å². The summed E-state index contributed by atoms with van der Waals surface area (Å²) in [5, 5.41) is 6.08. The van der Waals surface area contributed by atoms with Gasteiger partial charge in [-0.3, -0.25) is 4.68 Å². The number of aryl methyl sites for hydroxylation is 1. The molecular formula is C16H21ClN2O. The van der Waals surface area contributed by atoms with Crippen molar-refractivity contribution in [3.8, 4) is 0 Å². The maximum Gasteiger partial charge on any atom is 0.0709 e. The van der Waals surface area contributed by atoms with Crippen LogP contribution in [0.5, 0.6) is 0 Å². The standard InChI is InChI=1S/C16H21ClN2O/c1-2-19-15-6-4-3-5-13(15)14(18-19)11-16(12-17)7-9-20-10-8-16/h3-6H,2,7-12H2,1H3. The molecule has 1 aromatic heterocycles. The smallest absolute Gasteiger partial charge is 0.0709 e. The molecule has 1 aliphatic heterocycles. The van der Waals surface area contributed by atoms with Crippen LogP contribution in [0.2, 0.25) is 0 Å². The summed E-state index contributed by atoms with van der Waals surface area (Å²) in [7, 11) is 0. The lowest BCUT2D eigenvalue weighted by Gasteiger charge is -2.35. The number of halogens is 1. The average Bonchev–Trinajstić information content (AvgIpc) is 2.86. The van der Waals surface area contributed by atoms with E-state index in [4.69, 9.17) is 21.4 Å². The molecule has 0 amide bonds. The van der Waals surface area contributed by atoms with Crippen LogP contribution < -0.4 is 0 Å². The molecule has 108 valence electrons. The van der Waals surface area contributed by atoms with E-state index >= 15 is 0 Å². The Morgan fingerprint density at radius 3 is 2.75 bits per heavy atom. The molecule has 2 heterocycles. The first kappa shape index (κ1) is 13.9. The number of nitrogens with zero attached hydrogens (tertiary/aromatic N) is 2. The van der Waals surface area contributed by atoms with E-state index in [1.54, 1.807) is 0 Å². The molecule has 4 heteroatoms. The molecule has 1 fully saturated rings. The van der Waals surface area contributed by atoms with Crippen LogP contribution in [0.1, 0.15) is 25.5 Å². The lowest BCUT2D eigenvalue weighted by Crippen LogP contribution is -2.33. The molecule has 3 nitrogen and oxygen atoms in total. The number of ether oxygens (including phenoxy) is 1. The van der Waals surface area contributed by atoms with Crippen molar-refractivity contribution in [1.29, 1.82) is 0 Å². The fraction of sp³-hybridized carbons (Fsp3) is 0.562. The van der Waals surface area contributed by atoms with Crippen molar-refractivity contribution in [2.45, 2.75) is 32.7 Å². The number of aromatic nitrogens is 2. The van der Waals surface area contributed by atoms with Gasteiger partial charge < -0.3 is 4.74 Å². The first-order valence-corrected chi connectivity index (χ1v) is 7.89. The van der Waals surface area contributed by atoms with Gasteiger partial charge in [0.1, 0.15) is 0 Å². The minimum atomic E-state index is 0.148. The van der Waals surface area contributed by atoms with Gasteiger partial charge in [-0.2, -0.15) is 5.10 Å². The van der Waals surface area contributed by atoms with E-state index in [1.165, 1.54) is 16.6 Å². The van der Waals surface area contributed by atoms with Crippen molar-refractivity contribution in [2.75, 3.05) is 19.1 Å². The molecule has 0 atom stereocenters. The molecule has 0 spiro atoms. The maximum atomic E-state index is 6.29. The fourth-order valence-corrected chi connectivity index (χ4v) is 3.45. The molecule has 3 rings (SSSR count). The van der Waals surface area contributed by atoms with Gasteiger partial charge in [0.2, 0.25) is 0 Å². The largest absolute Gasteiger partial charge is 0.381 e. The van der Waals surface area contributed by atoms with E-state index < -0.39 is 0 Å². The Morgan fingerprint density at radius 2 is 2.05 bits per heavy atom. The van der Waals surface area contributed by atoms with E-state index in [9.17, 15) is 0 Å². The summed E-state index contributed by atoms with van der Waals surface area (Å²) >= 11 is 6.29. The molecule has 0 aliphatic carbocycles. The highest BCUT2D eigenvalue weighted by atomic mass is 35.5. The Hall–Kier alpha value is -1.06. The number of hydrogen-bond acceptors (Lipinski definition) is 2. The molecule has 1 aromatic carbocycles. The van der Waals surface area contributed by atoms with Crippen LogP contribution in [0.25, 0.3) is 10.9 Å². The molecule has 0 radical (unpaired) electrons. The summed E-state index contributed by atoms with van der Waals surface area (Å²) in [4.78, 5) is 0. The molecule has 0 unspecified atom stereocenters. The number of para-hydroxylation sites is 1. The van der Waals surface area contributed by atoms with Crippen LogP contribution >= 0.6 is 11.6 Å². The first-order valence-electron chi connectivity index (χ1n) is 7.36. The average molecular weight is 293 g/mol. The van der Waals surface area contributed by atoms with Gasteiger partial charge in [0, 0.05) is 31.0 Å². The molecule has 0 saturated carbocycles. The summed E-state index contributed by atoms with van der Waals surface area (Å²) in [6, 6.07) is 8.48. The van der Waals surface area contributed by atoms with Crippen molar-refractivity contribution in [3.63, 3.8) is 0 Å². The summed E-state index contributed by atoms with van der Waals surface area (Å²) in [6.45, 7) is 4.67. The van der Waals surface area contributed by atoms with Crippen LogP contribution in [0, 0.1) is 5.41 Å². The van der Waals surface area contributed by atoms with Crippen molar-refractivity contribution in [2.24, 2.45) is 5.41 Å². The van der Waals surface area contributed by atoms with E-state index in [0.29, 0.717) is 5.88 Å². The lowest BCUT2D eigenvalue weighted by atomic mass is 9.78. The van der Waals surface area contributed by atoms with Gasteiger partial charge in [-0.25, -0.2) is 0 Å². The van der Waals surface area contributed by atoms with Gasteiger partial charge in [0.15, 0.2) is 0 Å². The topological polar surface area (TPSA) is 27.1 Å². The predicted octanol–water partition coefficient (Wildman–Crippen LogP) is 3.63. The normalized spacial score (nSPS) is 18.5. The van der Waals surface area contributed by atoms with Gasteiger partial charge in [0.25, 0.3) is 0 Å². The highest BCUT2D eigenvalue weighted by Gasteiger charge is 2.33. The van der Waals surface area contributed by atoms with Gasteiger partial charge in [-0.1, -0.05) is 18.2 Å². The summed E-state index contributed by atoms with van der Waals surface area (Å²) < 4.78 is 7.58. The van der Waals surface area contributed by atoms with Crippen molar-refractivity contribution < 1.29 is 4.74 Å². The summed E-state index contributed by atoms with van der Waals surface area (Å²) in [5.74, 6) is 0.684. The Labute approximate surface area is 124 Å². The number of benzene rings is 1. The van der Waals surface area contributed by atoms with Crippen molar-refractivity contribution >= 4 is 22.5 Å². The Kier molecular flexibility index (Phi) is 3.99. The Morgan fingerprint density at radius 1 is 1.30 bits per heavy atom. The molecule has 20 heavy (non-hydrogen) atoms. The number of rotatable bonds is 4. The summed E-state index contributed by atoms with van der Waals surface area (Å²) in [6.07, 6.45) is 3.01. The van der Waals surface area contributed by atoms with Gasteiger partial charge in [-0.15, -0.1) is 11.6 Å². The minimum absolute atomic E-state index is 0.148. The zero-order valence-corrected chi connectivity index (χ0v) is 12.7. The highest BCUT2D eigenvalue weighted by molar-refractivity contribution is 6.18. The maximum absolute atomic E-state index is 6.29. The molecule has 2 aromatic rings. The van der Waals surface area contributed by atoms with Crippen LogP contribution in [-0.2, 0) is 17.7 Å². The minimum Gasteiger partial charge on any atom is -0.381 e. The first-order chi connectivity index (χ1) is 9.78. The van der Waals surface area contributed by atoms with Gasteiger partial charge in [-0.05, 0) is 37.7 Å². The van der Waals surface area contributed by atoms with Crippen LogP contribution in [-0.4, -0.2) is 28.9 Å². The van der Waals surface area contributed by atoms with E-state index in [2.05, 4.69) is 35.9 Å². The summed E-state index contributed by atoms with van der Waals surface area (Å²) in [5.41, 5.74) is 2.56. The highest BCUT2D eigenvalue weighted by Crippen LogP contribution is 2.36. The van der Waals surface area contributed by atoms with Crippen molar-refractivity contribution in [3.05, 3.63) is 30.0 Å². The molecule has 1 saturated heterocycles. The second-order valence-electron chi connectivity index (χ2n) is 5.70. The van der Waals surface area contributed by atoms with E-state index in [1.807, 2.05) is 0 Å². The van der Waals surface area contributed by atoms with Crippen LogP contribution in [0.4, 0.5) is 0 Å². The van der Waals surface area contributed by atoms with Crippen LogP contribution in [0.15, 0.2) is 24.3 Å². The quantitative estimate of drug-likeness (QED) is 0.805. The second kappa shape index (κ2) is 5.74. The molecule has 0 N–H and O–H groups in total. The monoisotopic (exact) mass is 292 g/mol. The third kappa shape index (κ3) is 2.45. The third-order valence-corrected chi connectivity index (χ3v) is 4.98. The number of fused-ring (bicyclic) bond motifs is 1. The molecule has 1 aliphatic rings. The fourth-order valence-electron chi connectivity index (χ4n) is 3.09. The number of hydrogen-bond donors (Lipinski definition) is 0. The van der Waals surface area contributed by atoms with E-state index in [0.717, 1.165) is 39.0 Å². The lowest BCUT2D eigenvalue weighted by molar-refractivity contribution is 0.0254. The third-order valence-electron chi connectivity index (χ3n) is 4.41. The predicted molar refractivity (Wildman–Crippen MR) is 82.3 cm³/mol. The van der Waals surface area contributed by atoms with Crippen molar-refractivity contribution in [1.82, 2.24) is 9.78 Å². The Balaban J connectivity index is 1.97. The van der Waals surface area contributed by atoms with Crippen LogP contribution in [0.3, 0.4) is 0 Å². The zero-order chi connectivity index (χ0) is 14.0. The second-order valence-corrected chi connectivity index (χ2v) is 5.97.